The normalized spacial score (nSPS) is 11.7. The van der Waals surface area contributed by atoms with Gasteiger partial charge in [-0.2, -0.15) is 0 Å². The van der Waals surface area contributed by atoms with Gasteiger partial charge in [0.05, 0.1) is 23.9 Å². The Labute approximate surface area is 149 Å². The molecule has 0 fully saturated rings. The van der Waals surface area contributed by atoms with Crippen molar-refractivity contribution in [2.75, 3.05) is 7.11 Å². The van der Waals surface area contributed by atoms with Crippen LogP contribution in [0.4, 0.5) is 0 Å². The summed E-state index contributed by atoms with van der Waals surface area (Å²) < 4.78 is 9.89. The highest BCUT2D eigenvalue weighted by atomic mass is 35.5. The molecule has 8 heteroatoms. The molecule has 0 radical (unpaired) electrons. The van der Waals surface area contributed by atoms with Crippen LogP contribution in [0.5, 0.6) is 0 Å². The number of methoxy groups -OCH3 is 1. The number of hydrogen-bond acceptors (Lipinski definition) is 6. The molecule has 0 bridgehead atoms. The standard InChI is InChI=1S/C17H17ClN2O5/c1-8-12(17(23)24-4)9(2)20-13(8)14(21)10(3)25-16(22)11-6-5-7-19-15(11)18/h5-7,10,20H,1-4H3/t10-/m0/s1. The molecule has 2 aromatic rings. The summed E-state index contributed by atoms with van der Waals surface area (Å²) in [5, 5.41) is -0.00738. The van der Waals surface area contributed by atoms with Crippen LogP contribution in [0.2, 0.25) is 5.15 Å². The van der Waals surface area contributed by atoms with Gasteiger partial charge < -0.3 is 14.5 Å². The van der Waals surface area contributed by atoms with Crippen LogP contribution in [-0.4, -0.2) is 40.9 Å². The topological polar surface area (TPSA) is 98.4 Å². The Balaban J connectivity index is 2.22. The number of carbonyl (C=O) groups excluding carboxylic acids is 3. The van der Waals surface area contributed by atoms with Crippen LogP contribution in [0.1, 0.15) is 49.4 Å². The van der Waals surface area contributed by atoms with E-state index < -0.39 is 23.8 Å². The summed E-state index contributed by atoms with van der Waals surface area (Å²) in [5.41, 5.74) is 1.49. The maximum atomic E-state index is 12.6. The third kappa shape index (κ3) is 3.71. The van der Waals surface area contributed by atoms with Crippen LogP contribution >= 0.6 is 11.6 Å². The molecule has 0 aliphatic rings. The predicted molar refractivity (Wildman–Crippen MR) is 90.1 cm³/mol. The molecule has 7 nitrogen and oxygen atoms in total. The lowest BCUT2D eigenvalue weighted by atomic mass is 10.1. The maximum absolute atomic E-state index is 12.6. The number of nitrogens with one attached hydrogen (secondary N) is 1. The van der Waals surface area contributed by atoms with Crippen molar-refractivity contribution < 1.29 is 23.9 Å². The molecule has 1 N–H and O–H groups in total. The number of carbonyl (C=O) groups is 3. The lowest BCUT2D eigenvalue weighted by molar-refractivity contribution is 0.0316. The van der Waals surface area contributed by atoms with Crippen LogP contribution in [0.3, 0.4) is 0 Å². The molecule has 0 unspecified atom stereocenters. The molecule has 2 aromatic heterocycles. The monoisotopic (exact) mass is 364 g/mol. The van der Waals surface area contributed by atoms with Crippen molar-refractivity contribution in [3.8, 4) is 0 Å². The molecule has 0 saturated carbocycles. The van der Waals surface area contributed by atoms with Gasteiger partial charge in [0, 0.05) is 11.9 Å². The van der Waals surface area contributed by atoms with Gasteiger partial charge in [-0.05, 0) is 38.5 Å². The van der Waals surface area contributed by atoms with Crippen LogP contribution < -0.4 is 0 Å². The van der Waals surface area contributed by atoms with E-state index in [1.807, 2.05) is 0 Å². The molecule has 0 aliphatic heterocycles. The van der Waals surface area contributed by atoms with E-state index in [0.29, 0.717) is 16.8 Å². The highest BCUT2D eigenvalue weighted by molar-refractivity contribution is 6.32. The zero-order valence-electron chi connectivity index (χ0n) is 14.2. The number of nitrogens with zero attached hydrogens (tertiary/aromatic N) is 1. The summed E-state index contributed by atoms with van der Waals surface area (Å²) >= 11 is 5.84. The number of hydrogen-bond donors (Lipinski definition) is 1. The van der Waals surface area contributed by atoms with Gasteiger partial charge in [0.1, 0.15) is 5.15 Å². The lowest BCUT2D eigenvalue weighted by Crippen LogP contribution is -2.25. The average molecular weight is 365 g/mol. The van der Waals surface area contributed by atoms with Gasteiger partial charge in [0.25, 0.3) is 0 Å². The fourth-order valence-electron chi connectivity index (χ4n) is 2.42. The van der Waals surface area contributed by atoms with Crippen molar-refractivity contribution >= 4 is 29.3 Å². The lowest BCUT2D eigenvalue weighted by Gasteiger charge is -2.12. The van der Waals surface area contributed by atoms with E-state index in [0.717, 1.165) is 0 Å². The first kappa shape index (κ1) is 18.7. The molecule has 0 spiro atoms. The Morgan fingerprint density at radius 2 is 1.92 bits per heavy atom. The number of esters is 2. The molecule has 1 atom stereocenters. The third-order valence-corrected chi connectivity index (χ3v) is 4.01. The fourth-order valence-corrected chi connectivity index (χ4v) is 2.62. The second-order valence-corrected chi connectivity index (χ2v) is 5.73. The minimum atomic E-state index is -1.08. The predicted octanol–water partition coefficient (Wildman–Crippen LogP) is 2.89. The molecule has 132 valence electrons. The second-order valence-electron chi connectivity index (χ2n) is 5.37. The number of ether oxygens (including phenoxy) is 2. The summed E-state index contributed by atoms with van der Waals surface area (Å²) in [7, 11) is 1.26. The van der Waals surface area contributed by atoms with Crippen molar-refractivity contribution in [1.82, 2.24) is 9.97 Å². The van der Waals surface area contributed by atoms with Crippen molar-refractivity contribution in [3.63, 3.8) is 0 Å². The van der Waals surface area contributed by atoms with Gasteiger partial charge >= 0.3 is 11.9 Å². The number of aryl methyl sites for hydroxylation is 1. The number of aromatic nitrogens is 2. The maximum Gasteiger partial charge on any atom is 0.341 e. The fraction of sp³-hybridized carbons (Fsp3) is 0.294. The van der Waals surface area contributed by atoms with Crippen LogP contribution in [0.25, 0.3) is 0 Å². The number of halogens is 1. The SMILES string of the molecule is COC(=O)c1c(C)[nH]c(C(=O)[C@H](C)OC(=O)c2cccnc2Cl)c1C. The zero-order chi connectivity index (χ0) is 18.7. The quantitative estimate of drug-likeness (QED) is 0.497. The molecular formula is C17H17ClN2O5. The molecular weight excluding hydrogens is 348 g/mol. The Morgan fingerprint density at radius 3 is 2.52 bits per heavy atom. The molecule has 25 heavy (non-hydrogen) atoms. The van der Waals surface area contributed by atoms with Gasteiger partial charge in [-0.3, -0.25) is 4.79 Å². The van der Waals surface area contributed by atoms with E-state index in [-0.39, 0.29) is 16.4 Å². The van der Waals surface area contributed by atoms with Gasteiger partial charge in [0.2, 0.25) is 5.78 Å². The van der Waals surface area contributed by atoms with E-state index in [2.05, 4.69) is 9.97 Å². The number of H-pyrrole nitrogens is 1. The van der Waals surface area contributed by atoms with Crippen molar-refractivity contribution in [2.45, 2.75) is 26.9 Å². The Kier molecular flexibility index (Phi) is 5.58. The average Bonchev–Trinajstić information content (AvgIpc) is 2.88. The van der Waals surface area contributed by atoms with E-state index in [1.54, 1.807) is 13.8 Å². The largest absolute Gasteiger partial charge is 0.465 e. The zero-order valence-corrected chi connectivity index (χ0v) is 14.9. The highest BCUT2D eigenvalue weighted by Crippen LogP contribution is 2.21. The number of Topliss-reactive ketones (excluding diaryl/α,β-unsaturated/α-hetero) is 1. The summed E-state index contributed by atoms with van der Waals surface area (Å²) in [6, 6.07) is 2.99. The van der Waals surface area contributed by atoms with E-state index in [4.69, 9.17) is 21.1 Å². The first-order valence-electron chi connectivity index (χ1n) is 7.41. The van der Waals surface area contributed by atoms with Crippen LogP contribution in [0, 0.1) is 13.8 Å². The number of pyridine rings is 1. The molecule has 0 aliphatic carbocycles. The van der Waals surface area contributed by atoms with Gasteiger partial charge in [-0.25, -0.2) is 14.6 Å². The van der Waals surface area contributed by atoms with Gasteiger partial charge in [0.15, 0.2) is 6.10 Å². The molecule has 2 rings (SSSR count). The van der Waals surface area contributed by atoms with E-state index in [9.17, 15) is 14.4 Å². The summed E-state index contributed by atoms with van der Waals surface area (Å²) in [5.74, 6) is -1.77. The highest BCUT2D eigenvalue weighted by Gasteiger charge is 2.28. The molecule has 0 amide bonds. The summed E-state index contributed by atoms with van der Waals surface area (Å²) in [6.07, 6.45) is 0.360. The Bertz CT molecular complexity index is 844. The smallest absolute Gasteiger partial charge is 0.341 e. The number of ketones is 1. The van der Waals surface area contributed by atoms with Crippen molar-refractivity contribution in [1.29, 1.82) is 0 Å². The van der Waals surface area contributed by atoms with E-state index in [1.165, 1.54) is 32.4 Å². The molecule has 2 heterocycles. The van der Waals surface area contributed by atoms with Gasteiger partial charge in [-0.15, -0.1) is 0 Å². The van der Waals surface area contributed by atoms with Crippen molar-refractivity contribution in [2.24, 2.45) is 0 Å². The first-order chi connectivity index (χ1) is 11.8. The molecule has 0 aromatic carbocycles. The van der Waals surface area contributed by atoms with Crippen LogP contribution in [-0.2, 0) is 9.47 Å². The molecule has 0 saturated heterocycles. The second kappa shape index (κ2) is 7.48. The Morgan fingerprint density at radius 1 is 1.24 bits per heavy atom. The van der Waals surface area contributed by atoms with Gasteiger partial charge in [-0.1, -0.05) is 11.6 Å². The van der Waals surface area contributed by atoms with Crippen LogP contribution in [0.15, 0.2) is 18.3 Å². The summed E-state index contributed by atoms with van der Waals surface area (Å²) in [6.45, 7) is 4.72. The van der Waals surface area contributed by atoms with Crippen molar-refractivity contribution in [3.05, 3.63) is 51.6 Å². The van der Waals surface area contributed by atoms with E-state index >= 15 is 0 Å². The first-order valence-corrected chi connectivity index (χ1v) is 7.78. The minimum Gasteiger partial charge on any atom is -0.465 e. The number of aromatic amines is 1. The number of rotatable bonds is 5. The summed E-state index contributed by atoms with van der Waals surface area (Å²) in [4.78, 5) is 43.2. The third-order valence-electron chi connectivity index (χ3n) is 3.71. The Hall–Kier alpha value is -2.67. The minimum absolute atomic E-state index is 0.00738.